The van der Waals surface area contributed by atoms with Gasteiger partial charge in [0.25, 0.3) is 0 Å². The summed E-state index contributed by atoms with van der Waals surface area (Å²) in [5, 5.41) is 0. The molecule has 0 aliphatic heterocycles. The van der Waals surface area contributed by atoms with Crippen LogP contribution in [0, 0.1) is 0 Å². The molecule has 33 heavy (non-hydrogen) atoms. The van der Waals surface area contributed by atoms with E-state index in [1.54, 1.807) is 0 Å². The average molecular weight is 497 g/mol. The van der Waals surface area contributed by atoms with Gasteiger partial charge in [0.1, 0.15) is 0 Å². The molecule has 0 atom stereocenters. The van der Waals surface area contributed by atoms with Crippen LogP contribution in [0.1, 0.15) is 90.1 Å². The SMILES string of the molecule is CC(C)(C)c1cc(C(C)(C)C)c([As]=C=C2c3ccccc3-c3ccccc32)c(C(C)(C)C)c1. The Labute approximate surface area is 207 Å². The monoisotopic (exact) mass is 496 g/mol. The van der Waals surface area contributed by atoms with Crippen molar-refractivity contribution in [1.29, 1.82) is 0 Å². The summed E-state index contributed by atoms with van der Waals surface area (Å²) in [5.74, 6) is 0. The fourth-order valence-electron chi connectivity index (χ4n) is 4.58. The van der Waals surface area contributed by atoms with Crippen molar-refractivity contribution in [1.82, 2.24) is 0 Å². The van der Waals surface area contributed by atoms with E-state index in [4.69, 9.17) is 0 Å². The molecule has 3 aromatic carbocycles. The molecule has 0 unspecified atom stereocenters. The summed E-state index contributed by atoms with van der Waals surface area (Å²) >= 11 is -0.262. The summed E-state index contributed by atoms with van der Waals surface area (Å²) in [5.41, 5.74) is 11.4. The summed E-state index contributed by atoms with van der Waals surface area (Å²) in [7, 11) is 0. The predicted octanol–water partition coefficient (Wildman–Crippen LogP) is 7.42. The van der Waals surface area contributed by atoms with Crippen LogP contribution in [0.15, 0.2) is 60.7 Å². The minimum atomic E-state index is -0.262. The van der Waals surface area contributed by atoms with Crippen molar-refractivity contribution in [2.24, 2.45) is 0 Å². The normalized spacial score (nSPS) is 13.7. The van der Waals surface area contributed by atoms with E-state index in [-0.39, 0.29) is 31.6 Å². The molecular formula is C32H37As. The first kappa shape index (κ1) is 24.0. The van der Waals surface area contributed by atoms with Gasteiger partial charge in [0.2, 0.25) is 0 Å². The number of hydrogen-bond donors (Lipinski definition) is 0. The molecule has 3 aromatic rings. The number of hydrogen-bond acceptors (Lipinski definition) is 0. The molecule has 0 saturated heterocycles. The van der Waals surface area contributed by atoms with Gasteiger partial charge >= 0.3 is 208 Å². The number of fused-ring (bicyclic) bond motifs is 3. The van der Waals surface area contributed by atoms with Crippen molar-refractivity contribution >= 4 is 29.7 Å². The van der Waals surface area contributed by atoms with Gasteiger partial charge in [-0.3, -0.25) is 0 Å². The summed E-state index contributed by atoms with van der Waals surface area (Å²) in [6, 6.07) is 22.6. The van der Waals surface area contributed by atoms with E-state index in [1.807, 2.05) is 0 Å². The van der Waals surface area contributed by atoms with Gasteiger partial charge in [0.05, 0.1) is 0 Å². The van der Waals surface area contributed by atoms with Gasteiger partial charge in [-0.25, -0.2) is 0 Å². The summed E-state index contributed by atoms with van der Waals surface area (Å²) in [6.07, 6.45) is 0. The van der Waals surface area contributed by atoms with E-state index in [1.165, 1.54) is 48.9 Å². The number of rotatable bonds is 1. The zero-order chi connectivity index (χ0) is 24.2. The van der Waals surface area contributed by atoms with Crippen LogP contribution in [-0.2, 0) is 16.2 Å². The van der Waals surface area contributed by atoms with Crippen LogP contribution in [0.25, 0.3) is 16.7 Å². The van der Waals surface area contributed by atoms with Crippen molar-refractivity contribution in [2.45, 2.75) is 78.6 Å². The molecule has 170 valence electrons. The Kier molecular flexibility index (Phi) is 6.02. The molecule has 1 heteroatoms. The van der Waals surface area contributed by atoms with Crippen molar-refractivity contribution in [2.75, 3.05) is 0 Å². The van der Waals surface area contributed by atoms with Crippen LogP contribution < -0.4 is 4.35 Å². The molecule has 0 amide bonds. The molecule has 0 nitrogen and oxygen atoms in total. The van der Waals surface area contributed by atoms with Gasteiger partial charge in [-0.1, -0.05) is 0 Å². The second-order valence-corrected chi connectivity index (χ2v) is 14.2. The first-order valence-corrected chi connectivity index (χ1v) is 13.9. The third-order valence-electron chi connectivity index (χ3n) is 6.55. The maximum atomic E-state index is 4.00. The van der Waals surface area contributed by atoms with E-state index in [0.29, 0.717) is 0 Å². The maximum absolute atomic E-state index is 4.00. The third-order valence-corrected chi connectivity index (χ3v) is 8.74. The Morgan fingerprint density at radius 3 is 1.30 bits per heavy atom. The van der Waals surface area contributed by atoms with Crippen LogP contribution in [-0.4, -0.2) is 19.8 Å². The van der Waals surface area contributed by atoms with Crippen molar-refractivity contribution < 1.29 is 0 Å². The Bertz CT molecular complexity index is 1190. The average Bonchev–Trinajstić information content (AvgIpc) is 3.03. The molecule has 0 saturated carbocycles. The van der Waals surface area contributed by atoms with Crippen molar-refractivity contribution in [3.63, 3.8) is 0 Å². The van der Waals surface area contributed by atoms with Gasteiger partial charge in [0, 0.05) is 0 Å². The van der Waals surface area contributed by atoms with E-state index in [0.717, 1.165) is 0 Å². The van der Waals surface area contributed by atoms with E-state index in [2.05, 4.69) is 127 Å². The molecule has 0 radical (unpaired) electrons. The number of benzene rings is 3. The topological polar surface area (TPSA) is 0 Å². The molecule has 0 fully saturated rings. The molecule has 0 spiro atoms. The fourth-order valence-corrected chi connectivity index (χ4v) is 7.74. The van der Waals surface area contributed by atoms with Crippen LogP contribution in [0.4, 0.5) is 0 Å². The minimum absolute atomic E-state index is 0.0874. The Hall–Kier alpha value is -2.13. The molecule has 1 aliphatic carbocycles. The standard InChI is InChI=1S/C32H37As/c1-30(2,3)21-18-27(31(4,5)6)29(28(19-21)32(7,8)9)33-20-26-24-16-12-10-14-22(24)23-15-11-13-17-25(23)26/h10-19H,1-9H3. The quantitative estimate of drug-likeness (QED) is 0.241. The van der Waals surface area contributed by atoms with E-state index < -0.39 is 0 Å². The zero-order valence-electron chi connectivity index (χ0n) is 21.7. The van der Waals surface area contributed by atoms with Gasteiger partial charge < -0.3 is 0 Å². The van der Waals surface area contributed by atoms with Crippen LogP contribution in [0.2, 0.25) is 0 Å². The second-order valence-electron chi connectivity index (χ2n) is 12.4. The third kappa shape index (κ3) is 4.62. The predicted molar refractivity (Wildman–Crippen MR) is 147 cm³/mol. The summed E-state index contributed by atoms with van der Waals surface area (Å²) in [6.45, 7) is 21.1. The zero-order valence-corrected chi connectivity index (χ0v) is 23.6. The van der Waals surface area contributed by atoms with Gasteiger partial charge in [-0.2, -0.15) is 0 Å². The van der Waals surface area contributed by atoms with E-state index in [9.17, 15) is 0 Å². The molecule has 0 heterocycles. The first-order chi connectivity index (χ1) is 15.3. The molecule has 4 rings (SSSR count). The Morgan fingerprint density at radius 2 is 0.939 bits per heavy atom. The Morgan fingerprint density at radius 1 is 0.545 bits per heavy atom. The van der Waals surface area contributed by atoms with E-state index >= 15 is 0 Å². The van der Waals surface area contributed by atoms with Crippen LogP contribution in [0.3, 0.4) is 0 Å². The summed E-state index contributed by atoms with van der Waals surface area (Å²) < 4.78 is 5.54. The van der Waals surface area contributed by atoms with Gasteiger partial charge in [0.15, 0.2) is 0 Å². The molecule has 0 bridgehead atoms. The molecule has 1 aliphatic rings. The summed E-state index contributed by atoms with van der Waals surface area (Å²) in [4.78, 5) is 0. The van der Waals surface area contributed by atoms with Crippen molar-refractivity contribution in [3.8, 4) is 11.1 Å². The van der Waals surface area contributed by atoms with Crippen LogP contribution in [0.5, 0.6) is 0 Å². The molecule has 0 N–H and O–H groups in total. The second kappa shape index (κ2) is 8.27. The van der Waals surface area contributed by atoms with Gasteiger partial charge in [-0.15, -0.1) is 0 Å². The molecule has 0 aromatic heterocycles. The Balaban J connectivity index is 2.05. The van der Waals surface area contributed by atoms with Crippen LogP contribution >= 0.6 is 0 Å². The molecular weight excluding hydrogens is 459 g/mol. The van der Waals surface area contributed by atoms with Crippen molar-refractivity contribution in [3.05, 3.63) is 88.5 Å². The first-order valence-electron chi connectivity index (χ1n) is 12.0. The van der Waals surface area contributed by atoms with Gasteiger partial charge in [-0.05, 0) is 0 Å². The fraction of sp³-hybridized carbons (Fsp3) is 0.375.